The lowest BCUT2D eigenvalue weighted by molar-refractivity contribution is 0.0320. The number of nitrogens with zero attached hydrogens (tertiary/aromatic N) is 2. The number of hydrogen-bond acceptors (Lipinski definition) is 7. The van der Waals surface area contributed by atoms with Crippen molar-refractivity contribution >= 4 is 22.8 Å². The highest BCUT2D eigenvalue weighted by Crippen LogP contribution is 2.21. The van der Waals surface area contributed by atoms with Crippen LogP contribution >= 0.6 is 0 Å². The molecule has 23 heavy (non-hydrogen) atoms. The van der Waals surface area contributed by atoms with E-state index in [-0.39, 0.29) is 22.8 Å². The zero-order valence-electron chi connectivity index (χ0n) is 12.5. The van der Waals surface area contributed by atoms with Crippen LogP contribution < -0.4 is 11.3 Å². The van der Waals surface area contributed by atoms with Gasteiger partial charge in [-0.25, -0.2) is 9.78 Å². The Morgan fingerprint density at radius 2 is 2.13 bits per heavy atom. The van der Waals surface area contributed by atoms with Gasteiger partial charge in [0.25, 0.3) is 5.56 Å². The minimum atomic E-state index is -0.770. The van der Waals surface area contributed by atoms with Gasteiger partial charge in [-0.15, -0.1) is 0 Å². The van der Waals surface area contributed by atoms with Crippen molar-refractivity contribution in [2.24, 2.45) is 0 Å². The van der Waals surface area contributed by atoms with Crippen molar-refractivity contribution in [1.29, 1.82) is 0 Å². The first-order valence-electron chi connectivity index (χ1n) is 6.89. The number of carbonyl (C=O) groups is 1. The Morgan fingerprint density at radius 1 is 1.39 bits per heavy atom. The normalized spacial score (nSPS) is 12.3. The van der Waals surface area contributed by atoms with Crippen LogP contribution in [-0.4, -0.2) is 21.1 Å². The van der Waals surface area contributed by atoms with E-state index in [1.54, 1.807) is 38.1 Å². The molecule has 0 spiro atoms. The topological polar surface area (TPSA) is 124 Å². The molecule has 0 aliphatic carbocycles. The van der Waals surface area contributed by atoms with Crippen LogP contribution in [-0.2, 0) is 4.74 Å². The number of esters is 1. The molecule has 118 valence electrons. The van der Waals surface area contributed by atoms with E-state index in [0.29, 0.717) is 16.6 Å². The van der Waals surface area contributed by atoms with Crippen LogP contribution in [0.15, 0.2) is 33.6 Å². The average molecular weight is 314 g/mol. The van der Waals surface area contributed by atoms with Crippen molar-refractivity contribution in [2.75, 3.05) is 5.73 Å². The van der Waals surface area contributed by atoms with Crippen molar-refractivity contribution in [3.63, 3.8) is 0 Å². The number of fused-ring (bicyclic) bond motifs is 1. The first-order valence-corrected chi connectivity index (χ1v) is 6.89. The second-order valence-electron chi connectivity index (χ2n) is 5.02. The third-order valence-electron chi connectivity index (χ3n) is 3.39. The predicted octanol–water partition coefficient (Wildman–Crippen LogP) is 1.72. The van der Waals surface area contributed by atoms with E-state index in [4.69, 9.17) is 15.0 Å². The van der Waals surface area contributed by atoms with Gasteiger partial charge in [-0.1, -0.05) is 17.3 Å². The first kappa shape index (κ1) is 14.8. The number of aromatic nitrogens is 3. The smallest absolute Gasteiger partial charge is 0.346 e. The molecule has 0 aliphatic heterocycles. The Morgan fingerprint density at radius 3 is 2.83 bits per heavy atom. The fraction of sp³-hybridized carbons (Fsp3) is 0.200. The highest BCUT2D eigenvalue weighted by atomic mass is 16.5. The van der Waals surface area contributed by atoms with Gasteiger partial charge in [0, 0.05) is 0 Å². The molecule has 0 fully saturated rings. The summed E-state index contributed by atoms with van der Waals surface area (Å²) in [7, 11) is 0. The molecule has 8 nitrogen and oxygen atoms in total. The SMILES string of the molecule is Cc1noc(N)c1C(=O)OC(C)c1nc2ccccc2c(=O)[nH]1. The van der Waals surface area contributed by atoms with E-state index in [2.05, 4.69) is 15.1 Å². The number of nitrogen functional groups attached to an aromatic ring is 1. The summed E-state index contributed by atoms with van der Waals surface area (Å²) in [6, 6.07) is 6.91. The van der Waals surface area contributed by atoms with Gasteiger partial charge in [0.05, 0.1) is 16.6 Å². The van der Waals surface area contributed by atoms with Crippen LogP contribution in [0.1, 0.15) is 34.9 Å². The zero-order chi connectivity index (χ0) is 16.6. The predicted molar refractivity (Wildman–Crippen MR) is 81.8 cm³/mol. The maximum Gasteiger partial charge on any atom is 0.346 e. The Hall–Kier alpha value is -3.16. The summed E-state index contributed by atoms with van der Waals surface area (Å²) in [5.74, 6) is -0.557. The Balaban J connectivity index is 1.90. The summed E-state index contributed by atoms with van der Waals surface area (Å²) < 4.78 is 10.0. The molecule has 1 aromatic carbocycles. The number of hydrogen-bond donors (Lipinski definition) is 2. The number of anilines is 1. The number of nitrogens with one attached hydrogen (secondary N) is 1. The highest BCUT2D eigenvalue weighted by Gasteiger charge is 2.23. The van der Waals surface area contributed by atoms with Crippen LogP contribution in [0.3, 0.4) is 0 Å². The molecule has 3 rings (SSSR count). The van der Waals surface area contributed by atoms with E-state index in [1.165, 1.54) is 0 Å². The van der Waals surface area contributed by atoms with Gasteiger partial charge in [0.1, 0.15) is 5.56 Å². The van der Waals surface area contributed by atoms with Crippen molar-refractivity contribution in [1.82, 2.24) is 15.1 Å². The van der Waals surface area contributed by atoms with Crippen molar-refractivity contribution < 1.29 is 14.1 Å². The number of para-hydroxylation sites is 1. The Bertz CT molecular complexity index is 925. The summed E-state index contributed by atoms with van der Waals surface area (Å²) in [5.41, 5.74) is 6.18. The summed E-state index contributed by atoms with van der Waals surface area (Å²) in [5, 5.41) is 4.06. The number of carbonyl (C=O) groups excluding carboxylic acids is 1. The molecule has 1 unspecified atom stereocenters. The largest absolute Gasteiger partial charge is 0.451 e. The number of ether oxygens (including phenoxy) is 1. The molecule has 1 atom stereocenters. The second-order valence-corrected chi connectivity index (χ2v) is 5.02. The molecular weight excluding hydrogens is 300 g/mol. The molecular formula is C15H14N4O4. The van der Waals surface area contributed by atoms with E-state index < -0.39 is 12.1 Å². The van der Waals surface area contributed by atoms with Crippen molar-refractivity contribution in [3.05, 3.63) is 51.7 Å². The zero-order valence-corrected chi connectivity index (χ0v) is 12.5. The number of nitrogens with two attached hydrogens (primary N) is 1. The third-order valence-corrected chi connectivity index (χ3v) is 3.39. The van der Waals surface area contributed by atoms with Crippen LogP contribution in [0.4, 0.5) is 5.88 Å². The number of aryl methyl sites for hydroxylation is 1. The molecule has 0 radical (unpaired) electrons. The van der Waals surface area contributed by atoms with Gasteiger partial charge in [-0.3, -0.25) is 4.79 Å². The van der Waals surface area contributed by atoms with E-state index in [0.717, 1.165) is 0 Å². The van der Waals surface area contributed by atoms with Gasteiger partial charge in [0.2, 0.25) is 5.88 Å². The molecule has 2 heterocycles. The minimum Gasteiger partial charge on any atom is -0.451 e. The number of aromatic amines is 1. The molecule has 2 aromatic heterocycles. The number of rotatable bonds is 3. The monoisotopic (exact) mass is 314 g/mol. The summed E-state index contributed by atoms with van der Waals surface area (Å²) >= 11 is 0. The number of H-pyrrole nitrogens is 1. The summed E-state index contributed by atoms with van der Waals surface area (Å²) in [4.78, 5) is 31.1. The van der Waals surface area contributed by atoms with E-state index in [1.807, 2.05) is 0 Å². The lowest BCUT2D eigenvalue weighted by Gasteiger charge is -2.12. The van der Waals surface area contributed by atoms with Gasteiger partial charge >= 0.3 is 5.97 Å². The van der Waals surface area contributed by atoms with E-state index >= 15 is 0 Å². The first-order chi connectivity index (χ1) is 11.0. The number of benzene rings is 1. The van der Waals surface area contributed by atoms with Crippen molar-refractivity contribution in [3.8, 4) is 0 Å². The molecule has 0 bridgehead atoms. The summed E-state index contributed by atoms with van der Waals surface area (Å²) in [6.45, 7) is 3.18. The standard InChI is InChI=1S/C15H14N4O4/c1-7-11(12(16)23-19-7)15(21)22-8(2)13-17-10-6-4-3-5-9(10)14(20)18-13/h3-6,8H,16H2,1-2H3,(H,17,18,20). The highest BCUT2D eigenvalue weighted by molar-refractivity contribution is 5.95. The van der Waals surface area contributed by atoms with Gasteiger partial charge < -0.3 is 20.0 Å². The van der Waals surface area contributed by atoms with Crippen LogP contribution in [0.25, 0.3) is 10.9 Å². The molecule has 0 aliphatic rings. The van der Waals surface area contributed by atoms with E-state index in [9.17, 15) is 9.59 Å². The Kier molecular flexibility index (Phi) is 3.57. The summed E-state index contributed by atoms with van der Waals surface area (Å²) in [6.07, 6.45) is -0.770. The molecule has 0 saturated carbocycles. The lowest BCUT2D eigenvalue weighted by Crippen LogP contribution is -2.18. The maximum atomic E-state index is 12.2. The fourth-order valence-electron chi connectivity index (χ4n) is 2.21. The average Bonchev–Trinajstić information content (AvgIpc) is 2.86. The molecule has 3 N–H and O–H groups in total. The van der Waals surface area contributed by atoms with Gasteiger partial charge in [-0.05, 0) is 26.0 Å². The van der Waals surface area contributed by atoms with Gasteiger partial charge in [-0.2, -0.15) is 0 Å². The Labute approximate surface area is 130 Å². The molecule has 0 amide bonds. The third kappa shape index (κ3) is 2.66. The molecule has 8 heteroatoms. The van der Waals surface area contributed by atoms with Crippen LogP contribution in [0.5, 0.6) is 0 Å². The lowest BCUT2D eigenvalue weighted by atomic mass is 10.2. The second kappa shape index (κ2) is 5.56. The van der Waals surface area contributed by atoms with Gasteiger partial charge in [0.15, 0.2) is 11.9 Å². The fourth-order valence-corrected chi connectivity index (χ4v) is 2.21. The van der Waals surface area contributed by atoms with Crippen molar-refractivity contribution in [2.45, 2.75) is 20.0 Å². The molecule has 3 aromatic rings. The molecule has 0 saturated heterocycles. The maximum absolute atomic E-state index is 12.2. The van der Waals surface area contributed by atoms with Crippen LogP contribution in [0.2, 0.25) is 0 Å². The quantitative estimate of drug-likeness (QED) is 0.705. The minimum absolute atomic E-state index is 0.0694. The van der Waals surface area contributed by atoms with Crippen LogP contribution in [0, 0.1) is 6.92 Å².